The van der Waals surface area contributed by atoms with Gasteiger partial charge in [0.05, 0.1) is 12.0 Å². The number of methoxy groups -OCH3 is 1. The molecule has 2 N–H and O–H groups in total. The molecule has 0 saturated heterocycles. The van der Waals surface area contributed by atoms with Crippen molar-refractivity contribution in [2.75, 3.05) is 12.8 Å². The molecule has 0 radical (unpaired) electrons. The molecule has 1 aromatic carbocycles. The fraction of sp³-hybridized carbons (Fsp3) is 0.143. The summed E-state index contributed by atoms with van der Waals surface area (Å²) in [5, 5.41) is 1.90. The molecular formula is C14H13N3OS2. The van der Waals surface area contributed by atoms with Gasteiger partial charge in [-0.1, -0.05) is 23.9 Å². The molecule has 6 heteroatoms. The van der Waals surface area contributed by atoms with Crippen LogP contribution in [0, 0.1) is 6.92 Å². The first-order valence-corrected chi connectivity index (χ1v) is 7.65. The Morgan fingerprint density at radius 3 is 2.85 bits per heavy atom. The molecule has 0 spiro atoms. The normalized spacial score (nSPS) is 10.9. The highest BCUT2D eigenvalue weighted by Gasteiger charge is 2.12. The number of benzene rings is 1. The van der Waals surface area contributed by atoms with E-state index < -0.39 is 0 Å². The Balaban J connectivity index is 2.10. The molecule has 0 amide bonds. The lowest BCUT2D eigenvalue weighted by atomic mass is 10.3. The molecule has 0 aliphatic heterocycles. The Labute approximate surface area is 125 Å². The van der Waals surface area contributed by atoms with Crippen LogP contribution in [-0.4, -0.2) is 17.1 Å². The molecule has 2 heterocycles. The van der Waals surface area contributed by atoms with Gasteiger partial charge in [-0.3, -0.25) is 0 Å². The number of aryl methyl sites for hydroxylation is 1. The highest BCUT2D eigenvalue weighted by Crippen LogP contribution is 2.38. The second-order valence-electron chi connectivity index (χ2n) is 4.22. The van der Waals surface area contributed by atoms with E-state index in [-0.39, 0.29) is 0 Å². The van der Waals surface area contributed by atoms with Gasteiger partial charge in [0.2, 0.25) is 5.95 Å². The van der Waals surface area contributed by atoms with Gasteiger partial charge in [0, 0.05) is 10.3 Å². The Morgan fingerprint density at radius 1 is 1.25 bits per heavy atom. The number of fused-ring (bicyclic) bond motifs is 1. The summed E-state index contributed by atoms with van der Waals surface area (Å²) in [5.41, 5.74) is 5.80. The summed E-state index contributed by atoms with van der Waals surface area (Å²) < 4.78 is 5.37. The summed E-state index contributed by atoms with van der Waals surface area (Å²) in [4.78, 5) is 11.8. The maximum Gasteiger partial charge on any atom is 0.222 e. The van der Waals surface area contributed by atoms with Gasteiger partial charge in [0.1, 0.15) is 15.6 Å². The summed E-state index contributed by atoms with van der Waals surface area (Å²) in [6.07, 6.45) is 0. The first-order chi connectivity index (χ1) is 9.67. The van der Waals surface area contributed by atoms with Crippen LogP contribution in [-0.2, 0) is 0 Å². The Hall–Kier alpha value is -1.79. The number of ether oxygens (including phenoxy) is 1. The Kier molecular flexibility index (Phi) is 3.50. The van der Waals surface area contributed by atoms with Crippen LogP contribution in [0.5, 0.6) is 5.75 Å². The monoisotopic (exact) mass is 303 g/mol. The third-order valence-electron chi connectivity index (χ3n) is 2.77. The number of rotatable bonds is 3. The summed E-state index contributed by atoms with van der Waals surface area (Å²) in [6, 6.07) is 9.96. The van der Waals surface area contributed by atoms with Crippen molar-refractivity contribution in [3.8, 4) is 5.75 Å². The third kappa shape index (κ3) is 2.44. The lowest BCUT2D eigenvalue weighted by Gasteiger charge is -2.08. The number of nitrogens with zero attached hydrogens (tertiary/aromatic N) is 2. The Morgan fingerprint density at radius 2 is 2.05 bits per heavy atom. The largest absolute Gasteiger partial charge is 0.496 e. The number of hydrogen-bond acceptors (Lipinski definition) is 6. The average Bonchev–Trinajstić information content (AvgIpc) is 2.79. The van der Waals surface area contributed by atoms with Crippen LogP contribution in [0.4, 0.5) is 5.95 Å². The van der Waals surface area contributed by atoms with Crippen molar-refractivity contribution in [3.05, 3.63) is 35.2 Å². The van der Waals surface area contributed by atoms with E-state index in [1.165, 1.54) is 4.88 Å². The lowest BCUT2D eigenvalue weighted by molar-refractivity contribution is 0.405. The SMILES string of the molecule is COc1ccccc1Sc1nc(N)nc2sc(C)cc12. The fourth-order valence-electron chi connectivity index (χ4n) is 1.92. The molecule has 0 unspecified atom stereocenters. The molecule has 3 rings (SSSR count). The van der Waals surface area contributed by atoms with Crippen molar-refractivity contribution < 1.29 is 4.74 Å². The van der Waals surface area contributed by atoms with Crippen LogP contribution >= 0.6 is 23.1 Å². The van der Waals surface area contributed by atoms with Crippen molar-refractivity contribution in [3.63, 3.8) is 0 Å². The number of anilines is 1. The van der Waals surface area contributed by atoms with E-state index in [1.54, 1.807) is 30.2 Å². The Bertz CT molecular complexity index is 770. The maximum absolute atomic E-state index is 5.80. The van der Waals surface area contributed by atoms with Gasteiger partial charge in [0.25, 0.3) is 0 Å². The fourth-order valence-corrected chi connectivity index (χ4v) is 3.88. The number of para-hydroxylation sites is 1. The standard InChI is InChI=1S/C14H13N3OS2/c1-8-7-9-12(19-8)16-14(15)17-13(9)20-11-6-4-3-5-10(11)18-2/h3-7H,1-2H3,(H2,15,16,17). The summed E-state index contributed by atoms with van der Waals surface area (Å²) >= 11 is 3.17. The minimum atomic E-state index is 0.303. The van der Waals surface area contributed by atoms with Crippen molar-refractivity contribution in [2.45, 2.75) is 16.8 Å². The molecule has 0 bridgehead atoms. The van der Waals surface area contributed by atoms with Gasteiger partial charge in [-0.15, -0.1) is 11.3 Å². The number of nitrogen functional groups attached to an aromatic ring is 1. The molecule has 20 heavy (non-hydrogen) atoms. The van der Waals surface area contributed by atoms with Crippen LogP contribution in [0.15, 0.2) is 40.3 Å². The number of nitrogens with two attached hydrogens (primary N) is 1. The second-order valence-corrected chi connectivity index (χ2v) is 6.48. The zero-order valence-electron chi connectivity index (χ0n) is 11.1. The minimum absolute atomic E-state index is 0.303. The van der Waals surface area contributed by atoms with Crippen LogP contribution in [0.3, 0.4) is 0 Å². The second kappa shape index (κ2) is 5.30. The predicted molar refractivity (Wildman–Crippen MR) is 83.7 cm³/mol. The van der Waals surface area contributed by atoms with E-state index in [4.69, 9.17) is 10.5 Å². The third-order valence-corrected chi connectivity index (χ3v) is 4.78. The van der Waals surface area contributed by atoms with E-state index >= 15 is 0 Å². The molecule has 3 aromatic rings. The van der Waals surface area contributed by atoms with Gasteiger partial charge in [-0.05, 0) is 25.1 Å². The highest BCUT2D eigenvalue weighted by atomic mass is 32.2. The molecule has 0 aliphatic rings. The highest BCUT2D eigenvalue weighted by molar-refractivity contribution is 7.99. The van der Waals surface area contributed by atoms with Crippen LogP contribution in [0.25, 0.3) is 10.2 Å². The van der Waals surface area contributed by atoms with Gasteiger partial charge in [-0.25, -0.2) is 9.97 Å². The van der Waals surface area contributed by atoms with Crippen molar-refractivity contribution in [1.29, 1.82) is 0 Å². The molecule has 102 valence electrons. The van der Waals surface area contributed by atoms with Crippen molar-refractivity contribution in [1.82, 2.24) is 9.97 Å². The number of thiophene rings is 1. The van der Waals surface area contributed by atoms with Gasteiger partial charge < -0.3 is 10.5 Å². The number of aromatic nitrogens is 2. The smallest absolute Gasteiger partial charge is 0.222 e. The van der Waals surface area contributed by atoms with Gasteiger partial charge in [0.15, 0.2) is 0 Å². The number of hydrogen-bond donors (Lipinski definition) is 1. The zero-order valence-corrected chi connectivity index (χ0v) is 12.7. The first kappa shape index (κ1) is 13.2. The predicted octanol–water partition coefficient (Wildman–Crippen LogP) is 3.74. The van der Waals surface area contributed by atoms with E-state index in [0.29, 0.717) is 5.95 Å². The molecule has 0 atom stereocenters. The quantitative estimate of drug-likeness (QED) is 0.747. The molecular weight excluding hydrogens is 290 g/mol. The van der Waals surface area contributed by atoms with Crippen molar-refractivity contribution >= 4 is 39.3 Å². The maximum atomic E-state index is 5.80. The molecule has 4 nitrogen and oxygen atoms in total. The molecule has 0 saturated carbocycles. The van der Waals surface area contributed by atoms with Crippen LogP contribution in [0.2, 0.25) is 0 Å². The van der Waals surface area contributed by atoms with Crippen molar-refractivity contribution in [2.24, 2.45) is 0 Å². The molecule has 0 fully saturated rings. The van der Waals surface area contributed by atoms with Crippen LogP contribution < -0.4 is 10.5 Å². The van der Waals surface area contributed by atoms with E-state index in [2.05, 4.69) is 23.0 Å². The first-order valence-electron chi connectivity index (χ1n) is 6.02. The topological polar surface area (TPSA) is 61.0 Å². The summed E-state index contributed by atoms with van der Waals surface area (Å²) in [6.45, 7) is 2.06. The van der Waals surface area contributed by atoms with E-state index in [0.717, 1.165) is 25.9 Å². The van der Waals surface area contributed by atoms with Gasteiger partial charge in [-0.2, -0.15) is 0 Å². The van der Waals surface area contributed by atoms with Crippen LogP contribution in [0.1, 0.15) is 4.88 Å². The van der Waals surface area contributed by atoms with E-state index in [9.17, 15) is 0 Å². The summed E-state index contributed by atoms with van der Waals surface area (Å²) in [5.74, 6) is 1.13. The zero-order chi connectivity index (χ0) is 14.1. The summed E-state index contributed by atoms with van der Waals surface area (Å²) in [7, 11) is 1.66. The molecule has 2 aromatic heterocycles. The minimum Gasteiger partial charge on any atom is -0.496 e. The van der Waals surface area contributed by atoms with Gasteiger partial charge >= 0.3 is 0 Å². The lowest BCUT2D eigenvalue weighted by Crippen LogP contribution is -1.95. The average molecular weight is 303 g/mol. The molecule has 0 aliphatic carbocycles. The van der Waals surface area contributed by atoms with E-state index in [1.807, 2.05) is 24.3 Å².